The third-order valence-electron chi connectivity index (χ3n) is 3.22. The Labute approximate surface area is 112 Å². The largest absolute Gasteiger partial charge is 0.300 e. The number of hydrogen-bond acceptors (Lipinski definition) is 4. The van der Waals surface area contributed by atoms with Gasteiger partial charge in [-0.2, -0.15) is 9.57 Å². The Hall–Kier alpha value is -1.71. The van der Waals surface area contributed by atoms with Gasteiger partial charge in [0.1, 0.15) is 5.78 Å². The van der Waals surface area contributed by atoms with E-state index in [1.807, 2.05) is 6.07 Å². The molecule has 0 unspecified atom stereocenters. The van der Waals surface area contributed by atoms with Gasteiger partial charge in [-0.1, -0.05) is 6.07 Å². The molecule has 0 amide bonds. The summed E-state index contributed by atoms with van der Waals surface area (Å²) >= 11 is 0. The number of benzene rings is 1. The van der Waals surface area contributed by atoms with E-state index in [2.05, 4.69) is 0 Å². The molecule has 1 aromatic carbocycles. The van der Waals surface area contributed by atoms with Crippen molar-refractivity contribution in [1.82, 2.24) is 4.31 Å². The summed E-state index contributed by atoms with van der Waals surface area (Å²) < 4.78 is 26.3. The van der Waals surface area contributed by atoms with Gasteiger partial charge in [-0.3, -0.25) is 4.79 Å². The zero-order chi connectivity index (χ0) is 14.0. The first-order valence-electron chi connectivity index (χ1n) is 5.98. The molecule has 100 valence electrons. The molecule has 0 aliphatic carbocycles. The maximum atomic E-state index is 12.5. The summed E-state index contributed by atoms with van der Waals surface area (Å²) in [7, 11) is -3.62. The summed E-state index contributed by atoms with van der Waals surface area (Å²) in [6.45, 7) is 2.14. The number of ketones is 1. The van der Waals surface area contributed by atoms with Crippen molar-refractivity contribution in [2.75, 3.05) is 13.1 Å². The Kier molecular flexibility index (Phi) is 3.69. The highest BCUT2D eigenvalue weighted by molar-refractivity contribution is 7.89. The first-order valence-corrected chi connectivity index (χ1v) is 7.42. The normalized spacial score (nSPS) is 17.2. The minimum absolute atomic E-state index is 0.0916. The van der Waals surface area contributed by atoms with Gasteiger partial charge in [0.15, 0.2) is 0 Å². The van der Waals surface area contributed by atoms with Gasteiger partial charge >= 0.3 is 0 Å². The average Bonchev–Trinajstić information content (AvgIpc) is 2.39. The summed E-state index contributed by atoms with van der Waals surface area (Å²) in [6.07, 6.45) is 0.520. The molecule has 0 N–H and O–H groups in total. The monoisotopic (exact) mass is 278 g/mol. The van der Waals surface area contributed by atoms with E-state index in [9.17, 15) is 13.2 Å². The van der Waals surface area contributed by atoms with Crippen LogP contribution in [0.2, 0.25) is 0 Å². The summed E-state index contributed by atoms with van der Waals surface area (Å²) in [5, 5.41) is 8.86. The first kappa shape index (κ1) is 13.7. The standard InChI is InChI=1S/C13H14N2O3S/c1-10-2-3-11(9-14)8-13(10)19(17,18)15-6-4-12(16)5-7-15/h2-3,8H,4-7H2,1H3. The van der Waals surface area contributed by atoms with Crippen molar-refractivity contribution >= 4 is 15.8 Å². The molecule has 0 radical (unpaired) electrons. The van der Waals surface area contributed by atoms with Crippen LogP contribution in [0, 0.1) is 18.3 Å². The number of carbonyl (C=O) groups is 1. The van der Waals surface area contributed by atoms with Crippen LogP contribution in [-0.2, 0) is 14.8 Å². The lowest BCUT2D eigenvalue weighted by atomic mass is 10.1. The van der Waals surface area contributed by atoms with Crippen molar-refractivity contribution in [2.45, 2.75) is 24.7 Å². The van der Waals surface area contributed by atoms with Crippen LogP contribution in [0.25, 0.3) is 0 Å². The number of rotatable bonds is 2. The van der Waals surface area contributed by atoms with Gasteiger partial charge in [0, 0.05) is 25.9 Å². The molecule has 1 aromatic rings. The predicted molar refractivity (Wildman–Crippen MR) is 68.9 cm³/mol. The highest BCUT2D eigenvalue weighted by atomic mass is 32.2. The molecule has 5 nitrogen and oxygen atoms in total. The Morgan fingerprint density at radius 3 is 2.47 bits per heavy atom. The molecule has 0 spiro atoms. The fraction of sp³-hybridized carbons (Fsp3) is 0.385. The molecule has 1 aliphatic rings. The topological polar surface area (TPSA) is 78.2 Å². The van der Waals surface area contributed by atoms with E-state index < -0.39 is 10.0 Å². The minimum atomic E-state index is -3.62. The fourth-order valence-corrected chi connectivity index (χ4v) is 3.75. The number of sulfonamides is 1. The summed E-state index contributed by atoms with van der Waals surface area (Å²) in [4.78, 5) is 11.3. The van der Waals surface area contributed by atoms with E-state index in [1.54, 1.807) is 19.1 Å². The third kappa shape index (κ3) is 2.67. The molecule has 1 heterocycles. The van der Waals surface area contributed by atoms with Gasteiger partial charge in [0.05, 0.1) is 16.5 Å². The van der Waals surface area contributed by atoms with Crippen LogP contribution >= 0.6 is 0 Å². The van der Waals surface area contributed by atoms with Crippen LogP contribution in [0.5, 0.6) is 0 Å². The lowest BCUT2D eigenvalue weighted by Crippen LogP contribution is -2.38. The van der Waals surface area contributed by atoms with Gasteiger partial charge in [-0.15, -0.1) is 0 Å². The van der Waals surface area contributed by atoms with E-state index in [4.69, 9.17) is 5.26 Å². The maximum absolute atomic E-state index is 12.5. The first-order chi connectivity index (χ1) is 8.95. The smallest absolute Gasteiger partial charge is 0.243 e. The van der Waals surface area contributed by atoms with Gasteiger partial charge in [-0.05, 0) is 24.6 Å². The Morgan fingerprint density at radius 2 is 1.89 bits per heavy atom. The van der Waals surface area contributed by atoms with E-state index in [1.165, 1.54) is 10.4 Å². The zero-order valence-corrected chi connectivity index (χ0v) is 11.4. The van der Waals surface area contributed by atoms with Crippen molar-refractivity contribution in [3.63, 3.8) is 0 Å². The number of nitriles is 1. The van der Waals surface area contributed by atoms with Crippen molar-refractivity contribution in [3.8, 4) is 6.07 Å². The minimum Gasteiger partial charge on any atom is -0.300 e. The van der Waals surface area contributed by atoms with Crippen LogP contribution in [0.3, 0.4) is 0 Å². The number of carbonyl (C=O) groups excluding carboxylic acids is 1. The SMILES string of the molecule is Cc1ccc(C#N)cc1S(=O)(=O)N1CCC(=O)CC1. The van der Waals surface area contributed by atoms with Crippen molar-refractivity contribution in [1.29, 1.82) is 5.26 Å². The summed E-state index contributed by atoms with van der Waals surface area (Å²) in [5.41, 5.74) is 0.924. The van der Waals surface area contributed by atoms with Crippen LogP contribution in [0.1, 0.15) is 24.0 Å². The van der Waals surface area contributed by atoms with Crippen LogP contribution in [0.15, 0.2) is 23.1 Å². The van der Waals surface area contributed by atoms with Gasteiger partial charge in [-0.25, -0.2) is 8.42 Å². The van der Waals surface area contributed by atoms with Crippen molar-refractivity contribution in [2.24, 2.45) is 0 Å². The van der Waals surface area contributed by atoms with Crippen LogP contribution in [-0.4, -0.2) is 31.6 Å². The lowest BCUT2D eigenvalue weighted by molar-refractivity contribution is -0.120. The third-order valence-corrected chi connectivity index (χ3v) is 5.26. The fourth-order valence-electron chi connectivity index (χ4n) is 2.06. The molecule has 0 aromatic heterocycles. The second kappa shape index (κ2) is 5.11. The number of hydrogen-bond donors (Lipinski definition) is 0. The zero-order valence-electron chi connectivity index (χ0n) is 10.6. The van der Waals surface area contributed by atoms with Crippen LogP contribution < -0.4 is 0 Å². The Balaban J connectivity index is 2.40. The molecule has 0 bridgehead atoms. The molecule has 19 heavy (non-hydrogen) atoms. The molecule has 0 saturated carbocycles. The summed E-state index contributed by atoms with van der Waals surface area (Å²) in [6, 6.07) is 6.55. The molecular formula is C13H14N2O3S. The van der Waals surface area contributed by atoms with E-state index in [0.29, 0.717) is 11.1 Å². The van der Waals surface area contributed by atoms with Gasteiger partial charge in [0.25, 0.3) is 0 Å². The molecule has 1 aliphatic heterocycles. The van der Waals surface area contributed by atoms with Crippen LogP contribution in [0.4, 0.5) is 0 Å². The number of aryl methyl sites for hydroxylation is 1. The average molecular weight is 278 g/mol. The maximum Gasteiger partial charge on any atom is 0.243 e. The summed E-state index contributed by atoms with van der Waals surface area (Å²) in [5.74, 6) is 0.0916. The molecule has 1 saturated heterocycles. The Bertz CT molecular complexity index is 649. The molecule has 0 atom stereocenters. The van der Waals surface area contributed by atoms with E-state index in [0.717, 1.165) is 0 Å². The lowest BCUT2D eigenvalue weighted by Gasteiger charge is -2.26. The molecular weight excluding hydrogens is 264 g/mol. The van der Waals surface area contributed by atoms with E-state index in [-0.39, 0.29) is 36.6 Å². The number of Topliss-reactive ketones (excluding diaryl/α,β-unsaturated/α-hetero) is 1. The highest BCUT2D eigenvalue weighted by Crippen LogP contribution is 2.23. The number of nitrogens with zero attached hydrogens (tertiary/aromatic N) is 2. The van der Waals surface area contributed by atoms with Gasteiger partial charge < -0.3 is 0 Å². The quantitative estimate of drug-likeness (QED) is 0.815. The molecule has 6 heteroatoms. The van der Waals surface area contributed by atoms with E-state index >= 15 is 0 Å². The Morgan fingerprint density at radius 1 is 1.26 bits per heavy atom. The number of piperidine rings is 1. The highest BCUT2D eigenvalue weighted by Gasteiger charge is 2.29. The molecule has 1 fully saturated rings. The van der Waals surface area contributed by atoms with Gasteiger partial charge in [0.2, 0.25) is 10.0 Å². The second-order valence-electron chi connectivity index (χ2n) is 4.53. The molecule has 2 rings (SSSR count). The second-order valence-corrected chi connectivity index (χ2v) is 6.44. The van der Waals surface area contributed by atoms with Crippen molar-refractivity contribution in [3.05, 3.63) is 29.3 Å². The van der Waals surface area contributed by atoms with Crippen molar-refractivity contribution < 1.29 is 13.2 Å². The predicted octanol–water partition coefficient (Wildman–Crippen LogP) is 1.22.